The van der Waals surface area contributed by atoms with Crippen LogP contribution in [0.15, 0.2) is 54.0 Å². The molecule has 1 amide bonds. The van der Waals surface area contributed by atoms with E-state index in [1.807, 2.05) is 30.3 Å². The van der Waals surface area contributed by atoms with E-state index in [1.165, 1.54) is 81.2 Å². The number of carbonyl (C=O) groups excluding carboxylic acids is 1. The number of benzene rings is 2. The summed E-state index contributed by atoms with van der Waals surface area (Å²) in [5.41, 5.74) is 2.87. The second-order valence-corrected chi connectivity index (χ2v) is 12.0. The SMILES string of the molecule is CCCCCCCCCCCCCCOc1ccc(CC(=O)Nc2ccc(C[n+]3ccsc3C)cc2)cc1Cl.[Br-]. The van der Waals surface area contributed by atoms with Crippen molar-refractivity contribution in [2.24, 2.45) is 0 Å². The van der Waals surface area contributed by atoms with E-state index in [0.29, 0.717) is 17.4 Å². The third-order valence-corrected chi connectivity index (χ3v) is 8.22. The van der Waals surface area contributed by atoms with E-state index in [-0.39, 0.29) is 29.3 Å². The summed E-state index contributed by atoms with van der Waals surface area (Å²) >= 11 is 8.19. The fraction of sp³-hybridized carbons (Fsp3) is 0.515. The minimum Gasteiger partial charge on any atom is -1.00 e. The number of hydrogen-bond donors (Lipinski definition) is 1. The van der Waals surface area contributed by atoms with Crippen molar-refractivity contribution in [3.8, 4) is 5.75 Å². The number of nitrogens with zero attached hydrogens (tertiary/aromatic N) is 1. The number of ether oxygens (including phenoxy) is 1. The molecule has 0 saturated carbocycles. The van der Waals surface area contributed by atoms with Gasteiger partial charge in [-0.2, -0.15) is 4.57 Å². The first kappa shape index (κ1) is 34.3. The van der Waals surface area contributed by atoms with Gasteiger partial charge in [0.2, 0.25) is 10.9 Å². The van der Waals surface area contributed by atoms with E-state index in [1.54, 1.807) is 11.3 Å². The van der Waals surface area contributed by atoms with Crippen molar-refractivity contribution in [1.82, 2.24) is 0 Å². The van der Waals surface area contributed by atoms with Crippen molar-refractivity contribution in [1.29, 1.82) is 0 Å². The van der Waals surface area contributed by atoms with Crippen molar-refractivity contribution >= 4 is 34.5 Å². The molecule has 0 aliphatic heterocycles. The molecule has 40 heavy (non-hydrogen) atoms. The number of aryl methyl sites for hydroxylation is 1. The highest BCUT2D eigenvalue weighted by Crippen LogP contribution is 2.26. The van der Waals surface area contributed by atoms with Gasteiger partial charge in [-0.1, -0.05) is 119 Å². The molecule has 0 unspecified atom stereocenters. The zero-order valence-electron chi connectivity index (χ0n) is 24.2. The Bertz CT molecular complexity index is 1120. The molecule has 1 heterocycles. The zero-order valence-corrected chi connectivity index (χ0v) is 27.4. The van der Waals surface area contributed by atoms with E-state index in [9.17, 15) is 4.79 Å². The molecule has 1 aromatic heterocycles. The lowest BCUT2D eigenvalue weighted by Gasteiger charge is -2.10. The molecule has 1 N–H and O–H groups in total. The van der Waals surface area contributed by atoms with Gasteiger partial charge in [0.15, 0.2) is 12.7 Å². The van der Waals surface area contributed by atoms with E-state index in [0.717, 1.165) is 24.2 Å². The van der Waals surface area contributed by atoms with Crippen LogP contribution in [0.25, 0.3) is 0 Å². The lowest BCUT2D eigenvalue weighted by molar-refractivity contribution is -0.689. The second-order valence-electron chi connectivity index (χ2n) is 10.5. The number of hydrogen-bond acceptors (Lipinski definition) is 3. The topological polar surface area (TPSA) is 42.2 Å². The second kappa shape index (κ2) is 20.1. The van der Waals surface area contributed by atoms with Crippen LogP contribution in [0.5, 0.6) is 5.75 Å². The van der Waals surface area contributed by atoms with Crippen molar-refractivity contribution in [2.75, 3.05) is 11.9 Å². The number of unbranched alkanes of at least 4 members (excludes halogenated alkanes) is 11. The molecule has 0 radical (unpaired) electrons. The summed E-state index contributed by atoms with van der Waals surface area (Å²) in [6.07, 6.45) is 18.3. The normalized spacial score (nSPS) is 10.8. The first-order chi connectivity index (χ1) is 19.0. The van der Waals surface area contributed by atoms with Crippen molar-refractivity contribution in [3.63, 3.8) is 0 Å². The quantitative estimate of drug-likeness (QED) is 0.122. The standard InChI is InChI=1S/C33H45ClN2O2S.BrH/c1-3-4-5-6-7-8-9-10-11-12-13-14-22-38-32-20-17-29(24-31(32)34)25-33(37)35-30-18-15-28(16-19-30)26-36-21-23-39-27(36)2;/h15-21,23-24H,3-14,22,25-26H2,1-2H3;1H. The summed E-state index contributed by atoms with van der Waals surface area (Å²) in [6.45, 7) is 5.89. The molecule has 3 rings (SSSR count). The maximum absolute atomic E-state index is 12.6. The number of anilines is 1. The number of aromatic nitrogens is 1. The summed E-state index contributed by atoms with van der Waals surface area (Å²) in [5.74, 6) is 0.630. The van der Waals surface area contributed by atoms with Gasteiger partial charge < -0.3 is 27.0 Å². The van der Waals surface area contributed by atoms with Crippen LogP contribution in [0.1, 0.15) is 100 Å². The van der Waals surface area contributed by atoms with Gasteiger partial charge in [-0.15, -0.1) is 0 Å². The molecule has 3 aromatic rings. The predicted octanol–water partition coefficient (Wildman–Crippen LogP) is 6.31. The molecular formula is C33H46BrClN2O2S. The van der Waals surface area contributed by atoms with Gasteiger partial charge in [-0.05, 0) is 36.2 Å². The molecule has 0 bridgehead atoms. The zero-order chi connectivity index (χ0) is 27.7. The Labute approximate surface area is 261 Å². The Balaban J connectivity index is 0.00000560. The highest BCUT2D eigenvalue weighted by Gasteiger charge is 2.10. The van der Waals surface area contributed by atoms with E-state index in [4.69, 9.17) is 16.3 Å². The summed E-state index contributed by atoms with van der Waals surface area (Å²) in [7, 11) is 0. The van der Waals surface area contributed by atoms with Crippen LogP contribution < -0.4 is 31.6 Å². The van der Waals surface area contributed by atoms with Gasteiger partial charge in [0.25, 0.3) is 0 Å². The van der Waals surface area contributed by atoms with Crippen LogP contribution in [0.3, 0.4) is 0 Å². The molecule has 0 aliphatic rings. The van der Waals surface area contributed by atoms with Gasteiger partial charge in [0.1, 0.15) is 5.75 Å². The molecule has 0 aliphatic carbocycles. The molecule has 4 nitrogen and oxygen atoms in total. The number of halogens is 2. The van der Waals surface area contributed by atoms with Crippen LogP contribution in [0, 0.1) is 6.92 Å². The summed E-state index contributed by atoms with van der Waals surface area (Å²) in [6, 6.07) is 13.7. The average molecular weight is 650 g/mol. The molecule has 220 valence electrons. The van der Waals surface area contributed by atoms with Crippen LogP contribution in [0.4, 0.5) is 5.69 Å². The largest absolute Gasteiger partial charge is 1.00 e. The molecular weight excluding hydrogens is 604 g/mol. The minimum atomic E-state index is -0.0629. The number of thiazole rings is 1. The van der Waals surface area contributed by atoms with Crippen LogP contribution in [0.2, 0.25) is 5.02 Å². The number of nitrogens with one attached hydrogen (secondary N) is 1. The fourth-order valence-electron chi connectivity index (χ4n) is 4.72. The molecule has 7 heteroatoms. The summed E-state index contributed by atoms with van der Waals surface area (Å²) < 4.78 is 8.12. The number of rotatable bonds is 19. The molecule has 0 spiro atoms. The van der Waals surface area contributed by atoms with Gasteiger partial charge in [0.05, 0.1) is 23.4 Å². The molecule has 0 atom stereocenters. The molecule has 2 aromatic carbocycles. The third-order valence-electron chi connectivity index (χ3n) is 7.09. The van der Waals surface area contributed by atoms with E-state index >= 15 is 0 Å². The van der Waals surface area contributed by atoms with Crippen LogP contribution in [-0.4, -0.2) is 12.5 Å². The van der Waals surface area contributed by atoms with Crippen molar-refractivity contribution < 1.29 is 31.1 Å². The molecule has 0 fully saturated rings. The van der Waals surface area contributed by atoms with Crippen LogP contribution >= 0.6 is 22.9 Å². The highest BCUT2D eigenvalue weighted by molar-refractivity contribution is 7.09. The first-order valence-electron chi connectivity index (χ1n) is 14.8. The van der Waals surface area contributed by atoms with E-state index in [2.05, 4.69) is 47.4 Å². The monoisotopic (exact) mass is 648 g/mol. The highest BCUT2D eigenvalue weighted by atomic mass is 79.9. The Kier molecular flexibility index (Phi) is 17.2. The maximum Gasteiger partial charge on any atom is 0.234 e. The molecule has 0 saturated heterocycles. The van der Waals surface area contributed by atoms with E-state index < -0.39 is 0 Å². The Hall–Kier alpha value is -1.89. The Morgan fingerprint density at radius 1 is 0.875 bits per heavy atom. The lowest BCUT2D eigenvalue weighted by atomic mass is 10.1. The number of carbonyl (C=O) groups is 1. The summed E-state index contributed by atoms with van der Waals surface area (Å²) in [5, 5.41) is 6.91. The third kappa shape index (κ3) is 13.2. The predicted molar refractivity (Wildman–Crippen MR) is 165 cm³/mol. The maximum atomic E-state index is 12.6. The lowest BCUT2D eigenvalue weighted by Crippen LogP contribution is -3.00. The fourth-order valence-corrected chi connectivity index (χ4v) is 5.64. The summed E-state index contributed by atoms with van der Waals surface area (Å²) in [4.78, 5) is 12.6. The van der Waals surface area contributed by atoms with Crippen molar-refractivity contribution in [2.45, 2.75) is 104 Å². The Morgan fingerprint density at radius 2 is 1.48 bits per heavy atom. The smallest absolute Gasteiger partial charge is 0.234 e. The van der Waals surface area contributed by atoms with Gasteiger partial charge in [0, 0.05) is 18.2 Å². The Morgan fingerprint density at radius 3 is 2.05 bits per heavy atom. The minimum absolute atomic E-state index is 0. The van der Waals surface area contributed by atoms with Gasteiger partial charge in [-0.3, -0.25) is 4.79 Å². The average Bonchev–Trinajstić information content (AvgIpc) is 3.33. The number of amides is 1. The van der Waals surface area contributed by atoms with Crippen molar-refractivity contribution in [3.05, 3.63) is 75.2 Å². The van der Waals surface area contributed by atoms with Gasteiger partial charge >= 0.3 is 0 Å². The first-order valence-corrected chi connectivity index (χ1v) is 16.0. The van der Waals surface area contributed by atoms with Crippen LogP contribution in [-0.2, 0) is 17.8 Å². The van der Waals surface area contributed by atoms with Gasteiger partial charge in [-0.25, -0.2) is 0 Å².